The Morgan fingerprint density at radius 2 is 1.66 bits per heavy atom. The van der Waals surface area contributed by atoms with Gasteiger partial charge in [0, 0.05) is 18.8 Å². The first-order chi connectivity index (χ1) is 17.6. The fourth-order valence-electron chi connectivity index (χ4n) is 5.33. The fourth-order valence-corrected chi connectivity index (χ4v) is 6.85. The molecule has 1 saturated carbocycles. The maximum absolute atomic E-state index is 13.3. The molecule has 1 aliphatic carbocycles. The second-order valence-corrected chi connectivity index (χ2v) is 14.7. The Hall–Kier alpha value is -2.29. The minimum Gasteiger partial charge on any atom is -0.460 e. The van der Waals surface area contributed by atoms with Gasteiger partial charge in [0.25, 0.3) is 0 Å². The molecule has 1 aliphatic heterocycles. The van der Waals surface area contributed by atoms with E-state index in [1.54, 1.807) is 17.0 Å². The summed E-state index contributed by atoms with van der Waals surface area (Å²) in [5.74, 6) is -0.534. The number of esters is 1. The molecule has 0 unspecified atom stereocenters. The molecule has 0 radical (unpaired) electrons. The van der Waals surface area contributed by atoms with E-state index in [0.717, 1.165) is 31.2 Å². The molecule has 0 spiro atoms. The van der Waals surface area contributed by atoms with E-state index < -0.39 is 27.1 Å². The number of sulfonamides is 1. The van der Waals surface area contributed by atoms with Gasteiger partial charge >= 0.3 is 12.1 Å². The zero-order chi connectivity index (χ0) is 28.1. The molecular formula is C29H46N2O6S. The van der Waals surface area contributed by atoms with Crippen LogP contribution in [0.4, 0.5) is 10.5 Å². The van der Waals surface area contributed by atoms with E-state index in [4.69, 9.17) is 9.47 Å². The number of benzene rings is 1. The van der Waals surface area contributed by atoms with Crippen LogP contribution in [-0.2, 0) is 30.7 Å². The van der Waals surface area contributed by atoms with Gasteiger partial charge < -0.3 is 14.4 Å². The van der Waals surface area contributed by atoms with E-state index in [-0.39, 0.29) is 29.7 Å². The van der Waals surface area contributed by atoms with Gasteiger partial charge in [0.05, 0.1) is 11.7 Å². The molecule has 3 rings (SSSR count). The number of amides is 1. The van der Waals surface area contributed by atoms with Crippen LogP contribution in [-0.4, -0.2) is 55.4 Å². The zero-order valence-electron chi connectivity index (χ0n) is 23.9. The molecule has 2 aliphatic rings. The highest BCUT2D eigenvalue weighted by Gasteiger charge is 2.39. The van der Waals surface area contributed by atoms with Crippen molar-refractivity contribution in [3.05, 3.63) is 29.8 Å². The average Bonchev–Trinajstić information content (AvgIpc) is 3.25. The van der Waals surface area contributed by atoms with Gasteiger partial charge in [0.2, 0.25) is 10.0 Å². The summed E-state index contributed by atoms with van der Waals surface area (Å²) >= 11 is 0. The first-order valence-electron chi connectivity index (χ1n) is 13.9. The van der Waals surface area contributed by atoms with Crippen LogP contribution < -0.4 is 4.72 Å². The number of anilines is 1. The fraction of sp³-hybridized carbons (Fsp3) is 0.724. The highest BCUT2D eigenvalue weighted by Crippen LogP contribution is 2.31. The van der Waals surface area contributed by atoms with Crippen molar-refractivity contribution < 1.29 is 27.5 Å². The molecule has 8 nitrogen and oxygen atoms in total. The van der Waals surface area contributed by atoms with Gasteiger partial charge in [-0.25, -0.2) is 13.2 Å². The molecule has 1 saturated heterocycles. The molecule has 2 atom stereocenters. The van der Waals surface area contributed by atoms with Gasteiger partial charge in [0.1, 0.15) is 11.2 Å². The van der Waals surface area contributed by atoms with Crippen molar-refractivity contribution in [1.82, 2.24) is 4.90 Å². The molecule has 1 aromatic rings. The molecule has 1 amide bonds. The minimum atomic E-state index is -3.47. The predicted octanol–water partition coefficient (Wildman–Crippen LogP) is 5.77. The van der Waals surface area contributed by atoms with E-state index in [0.29, 0.717) is 31.6 Å². The third-order valence-electron chi connectivity index (χ3n) is 6.99. The second kappa shape index (κ2) is 12.3. The van der Waals surface area contributed by atoms with E-state index in [9.17, 15) is 18.0 Å². The molecule has 1 heterocycles. The van der Waals surface area contributed by atoms with Crippen LogP contribution in [0, 0.1) is 17.8 Å². The highest BCUT2D eigenvalue weighted by molar-refractivity contribution is 7.92. The Labute approximate surface area is 228 Å². The summed E-state index contributed by atoms with van der Waals surface area (Å²) < 4.78 is 39.7. The van der Waals surface area contributed by atoms with Crippen molar-refractivity contribution in [2.45, 2.75) is 97.7 Å². The Balaban J connectivity index is 1.73. The van der Waals surface area contributed by atoms with Crippen molar-refractivity contribution in [3.63, 3.8) is 0 Å². The Kier molecular flexibility index (Phi) is 9.76. The lowest BCUT2D eigenvalue weighted by Crippen LogP contribution is -2.38. The molecule has 38 heavy (non-hydrogen) atoms. The minimum absolute atomic E-state index is 0.0935. The maximum Gasteiger partial charge on any atom is 0.410 e. The summed E-state index contributed by atoms with van der Waals surface area (Å²) in [7, 11) is -3.47. The van der Waals surface area contributed by atoms with E-state index in [1.165, 1.54) is 6.42 Å². The zero-order valence-corrected chi connectivity index (χ0v) is 24.7. The van der Waals surface area contributed by atoms with Gasteiger partial charge in [-0.3, -0.25) is 9.52 Å². The quantitative estimate of drug-likeness (QED) is 0.413. The number of carbonyl (C=O) groups excluding carboxylic acids is 2. The summed E-state index contributed by atoms with van der Waals surface area (Å²) in [6.07, 6.45) is 5.96. The predicted molar refractivity (Wildman–Crippen MR) is 149 cm³/mol. The molecule has 214 valence electrons. The highest BCUT2D eigenvalue weighted by atomic mass is 32.2. The van der Waals surface area contributed by atoms with Crippen molar-refractivity contribution in [2.24, 2.45) is 17.8 Å². The number of hydrogen-bond donors (Lipinski definition) is 1. The van der Waals surface area contributed by atoms with Crippen LogP contribution in [0.3, 0.4) is 0 Å². The second-order valence-electron chi connectivity index (χ2n) is 12.9. The number of likely N-dealkylation sites (tertiary alicyclic amines) is 1. The van der Waals surface area contributed by atoms with E-state index >= 15 is 0 Å². The molecule has 1 N–H and O–H groups in total. The van der Waals surface area contributed by atoms with E-state index in [2.05, 4.69) is 4.72 Å². The summed E-state index contributed by atoms with van der Waals surface area (Å²) in [6, 6.07) is 7.25. The molecule has 9 heteroatoms. The number of ether oxygens (including phenoxy) is 2. The van der Waals surface area contributed by atoms with Gasteiger partial charge in [0.15, 0.2) is 0 Å². The summed E-state index contributed by atoms with van der Waals surface area (Å²) in [5, 5.41) is 0. The lowest BCUT2D eigenvalue weighted by Gasteiger charge is -2.28. The Morgan fingerprint density at radius 1 is 1.00 bits per heavy atom. The molecule has 1 aromatic carbocycles. The standard InChI is InChI=1S/C29H46N2O6S/c1-28(2,3)36-26(32)25(23-15-16-31(19-23)27(33)37-29(4,5)6)18-22-13-10-14-24(17-22)30-38(34,35)20-21-11-8-7-9-12-21/h10,13-14,17,21,23,25,30H,7-9,11-12,15-16,18-20H2,1-6H3/t23-,25-/m0/s1. The average molecular weight is 551 g/mol. The van der Waals surface area contributed by atoms with Gasteiger partial charge in [-0.15, -0.1) is 0 Å². The number of nitrogens with one attached hydrogen (secondary N) is 1. The Bertz CT molecular complexity index is 1070. The van der Waals surface area contributed by atoms with Crippen LogP contribution in [0.15, 0.2) is 24.3 Å². The molecule has 0 aromatic heterocycles. The number of carbonyl (C=O) groups is 2. The third kappa shape index (κ3) is 9.79. The number of rotatable bonds is 8. The van der Waals surface area contributed by atoms with Crippen molar-refractivity contribution in [2.75, 3.05) is 23.6 Å². The normalized spacial score (nSPS) is 20.2. The molecule has 0 bridgehead atoms. The van der Waals surface area contributed by atoms with Gasteiger partial charge in [-0.05, 0) is 96.8 Å². The van der Waals surface area contributed by atoms with Crippen molar-refractivity contribution >= 4 is 27.8 Å². The summed E-state index contributed by atoms with van der Waals surface area (Å²) in [5.41, 5.74) is 0.109. The monoisotopic (exact) mass is 550 g/mol. The largest absolute Gasteiger partial charge is 0.460 e. The summed E-state index contributed by atoms with van der Waals surface area (Å²) in [4.78, 5) is 27.6. The maximum atomic E-state index is 13.3. The third-order valence-corrected chi connectivity index (χ3v) is 8.45. The first kappa shape index (κ1) is 30.3. The van der Waals surface area contributed by atoms with Crippen LogP contribution in [0.1, 0.15) is 85.6 Å². The number of nitrogens with zero attached hydrogens (tertiary/aromatic N) is 1. The van der Waals surface area contributed by atoms with Crippen LogP contribution in [0.25, 0.3) is 0 Å². The summed E-state index contributed by atoms with van der Waals surface area (Å²) in [6.45, 7) is 11.9. The smallest absolute Gasteiger partial charge is 0.410 e. The van der Waals surface area contributed by atoms with Crippen molar-refractivity contribution in [3.8, 4) is 0 Å². The molecule has 2 fully saturated rings. The van der Waals surface area contributed by atoms with Crippen LogP contribution in [0.2, 0.25) is 0 Å². The lowest BCUT2D eigenvalue weighted by atomic mass is 9.86. The topological polar surface area (TPSA) is 102 Å². The van der Waals surface area contributed by atoms with Crippen LogP contribution >= 0.6 is 0 Å². The molecular weight excluding hydrogens is 504 g/mol. The van der Waals surface area contributed by atoms with Gasteiger partial charge in [-0.2, -0.15) is 0 Å². The SMILES string of the molecule is CC(C)(C)OC(=O)[C@@H](Cc1cccc(NS(=O)(=O)CC2CCCCC2)c1)[C@H]1CCN(C(=O)OC(C)(C)C)C1. The lowest BCUT2D eigenvalue weighted by molar-refractivity contribution is -0.161. The first-order valence-corrected chi connectivity index (χ1v) is 15.6. The van der Waals surface area contributed by atoms with Crippen molar-refractivity contribution in [1.29, 1.82) is 0 Å². The Morgan fingerprint density at radius 3 is 2.29 bits per heavy atom. The van der Waals surface area contributed by atoms with E-state index in [1.807, 2.05) is 53.7 Å². The van der Waals surface area contributed by atoms with Gasteiger partial charge in [-0.1, -0.05) is 31.4 Å². The number of hydrogen-bond acceptors (Lipinski definition) is 6. The van der Waals surface area contributed by atoms with Crippen LogP contribution in [0.5, 0.6) is 0 Å².